The lowest BCUT2D eigenvalue weighted by molar-refractivity contribution is -0.192. The van der Waals surface area contributed by atoms with E-state index in [1.54, 1.807) is 24.3 Å². The molecule has 1 amide bonds. The van der Waals surface area contributed by atoms with Gasteiger partial charge in [0.2, 0.25) is 0 Å². The van der Waals surface area contributed by atoms with Crippen LogP contribution in [0.3, 0.4) is 0 Å². The van der Waals surface area contributed by atoms with Crippen LogP contribution in [0.5, 0.6) is 0 Å². The van der Waals surface area contributed by atoms with E-state index >= 15 is 0 Å². The number of carboxylic acids is 1. The minimum absolute atomic E-state index is 0.131. The lowest BCUT2D eigenvalue weighted by atomic mass is 9.88. The molecule has 1 unspecified atom stereocenters. The van der Waals surface area contributed by atoms with Crippen LogP contribution in [0.1, 0.15) is 38.9 Å². The zero-order valence-corrected chi connectivity index (χ0v) is 20.8. The fraction of sp³-hybridized carbons (Fsp3) is 0.542. The summed E-state index contributed by atoms with van der Waals surface area (Å²) in [7, 11) is 0. The highest BCUT2D eigenvalue weighted by Crippen LogP contribution is 2.40. The molecule has 198 valence electrons. The largest absolute Gasteiger partial charge is 0.490 e. The van der Waals surface area contributed by atoms with Crippen LogP contribution < -0.4 is 5.32 Å². The van der Waals surface area contributed by atoms with Crippen LogP contribution in [-0.4, -0.2) is 63.3 Å². The number of alkyl halides is 3. The molecule has 2 N–H and O–H groups in total. The second-order valence-electron chi connectivity index (χ2n) is 9.33. The van der Waals surface area contributed by atoms with E-state index in [-0.39, 0.29) is 5.91 Å². The van der Waals surface area contributed by atoms with E-state index in [0.717, 1.165) is 44.0 Å². The number of piperidine rings is 1. The van der Waals surface area contributed by atoms with Gasteiger partial charge in [0.15, 0.2) is 6.10 Å². The van der Waals surface area contributed by atoms with E-state index in [2.05, 4.69) is 33.6 Å². The molecule has 1 aromatic carbocycles. The summed E-state index contributed by atoms with van der Waals surface area (Å²) in [6.45, 7) is 8.04. The Morgan fingerprint density at radius 2 is 1.86 bits per heavy atom. The van der Waals surface area contributed by atoms with Crippen molar-refractivity contribution < 1.29 is 32.6 Å². The van der Waals surface area contributed by atoms with Crippen LogP contribution >= 0.6 is 11.6 Å². The van der Waals surface area contributed by atoms with Crippen LogP contribution in [0.2, 0.25) is 5.02 Å². The van der Waals surface area contributed by atoms with Crippen LogP contribution in [0.15, 0.2) is 36.7 Å². The maximum Gasteiger partial charge on any atom is 0.490 e. The Morgan fingerprint density at radius 1 is 1.25 bits per heavy atom. The van der Waals surface area contributed by atoms with Crippen molar-refractivity contribution in [2.24, 2.45) is 5.92 Å². The Hall–Kier alpha value is -2.63. The average Bonchev–Trinajstić information content (AvgIpc) is 3.30. The van der Waals surface area contributed by atoms with Gasteiger partial charge in [0.1, 0.15) is 11.4 Å². The third kappa shape index (κ3) is 7.21. The molecule has 1 fully saturated rings. The van der Waals surface area contributed by atoms with Crippen molar-refractivity contribution in [1.82, 2.24) is 14.5 Å². The summed E-state index contributed by atoms with van der Waals surface area (Å²) in [4.78, 5) is 28.9. The number of benzene rings is 1. The van der Waals surface area contributed by atoms with Crippen molar-refractivity contribution in [3.8, 4) is 0 Å². The smallest absolute Gasteiger partial charge is 0.475 e. The molecule has 0 radical (unpaired) electrons. The van der Waals surface area contributed by atoms with Gasteiger partial charge in [0.25, 0.3) is 5.91 Å². The minimum Gasteiger partial charge on any atom is -0.475 e. The number of nitrogens with zero attached hydrogens (tertiary/aromatic N) is 3. The van der Waals surface area contributed by atoms with E-state index in [1.807, 2.05) is 12.4 Å². The molecule has 2 aliphatic heterocycles. The van der Waals surface area contributed by atoms with Gasteiger partial charge in [0.05, 0.1) is 6.54 Å². The zero-order chi connectivity index (χ0) is 26.5. The number of anilines is 1. The van der Waals surface area contributed by atoms with Gasteiger partial charge in [-0.25, -0.2) is 9.78 Å². The molecular weight excluding hydrogens is 501 g/mol. The van der Waals surface area contributed by atoms with E-state index in [0.29, 0.717) is 17.5 Å². The molecule has 1 spiro atoms. The van der Waals surface area contributed by atoms with Gasteiger partial charge >= 0.3 is 12.1 Å². The van der Waals surface area contributed by atoms with Crippen molar-refractivity contribution in [3.05, 3.63) is 47.5 Å². The number of carbonyl (C=O) groups excluding carboxylic acids is 1. The number of carbonyl (C=O) groups is 2. The molecule has 8 nitrogen and oxygen atoms in total. The Morgan fingerprint density at radius 3 is 2.42 bits per heavy atom. The minimum atomic E-state index is -5.08. The first-order valence-corrected chi connectivity index (χ1v) is 12.1. The van der Waals surface area contributed by atoms with Gasteiger partial charge < -0.3 is 24.6 Å². The number of carboxylic acid groups (broad SMARTS) is 1. The summed E-state index contributed by atoms with van der Waals surface area (Å²) < 4.78 is 40.3. The van der Waals surface area contributed by atoms with Crippen molar-refractivity contribution in [2.75, 3.05) is 25.0 Å². The Balaban J connectivity index is 0.000000454. The van der Waals surface area contributed by atoms with E-state index in [4.69, 9.17) is 26.2 Å². The summed E-state index contributed by atoms with van der Waals surface area (Å²) >= 11 is 5.94. The molecule has 1 atom stereocenters. The summed E-state index contributed by atoms with van der Waals surface area (Å²) in [5.74, 6) is -1.23. The molecule has 0 aliphatic carbocycles. The molecule has 2 aromatic rings. The number of hydrogen-bond acceptors (Lipinski definition) is 5. The molecule has 3 heterocycles. The highest BCUT2D eigenvalue weighted by atomic mass is 35.5. The number of aromatic nitrogens is 2. The first-order chi connectivity index (χ1) is 16.9. The highest BCUT2D eigenvalue weighted by molar-refractivity contribution is 6.30. The number of aliphatic carboxylic acids is 1. The average molecular weight is 531 g/mol. The van der Waals surface area contributed by atoms with Crippen LogP contribution in [0.25, 0.3) is 0 Å². The van der Waals surface area contributed by atoms with Gasteiger partial charge in [-0.1, -0.05) is 25.4 Å². The third-order valence-electron chi connectivity index (χ3n) is 6.19. The molecule has 1 aromatic heterocycles. The fourth-order valence-corrected chi connectivity index (χ4v) is 4.34. The number of likely N-dealkylation sites (tertiary alicyclic amines) is 1. The number of rotatable bonds is 5. The number of amides is 1. The Labute approximate surface area is 212 Å². The SMILES string of the molecule is CC(C)CCN1CCC2(CC1)OC(C(=O)Nc1ccc(Cl)cc1)Cn1ccnc12.O=C(O)C(F)(F)F. The van der Waals surface area contributed by atoms with Gasteiger partial charge in [0, 0.05) is 36.2 Å². The quantitative estimate of drug-likeness (QED) is 0.589. The van der Waals surface area contributed by atoms with Crippen molar-refractivity contribution >= 4 is 29.2 Å². The molecular formula is C24H30ClF3N4O4. The Bertz CT molecular complexity index is 1030. The lowest BCUT2D eigenvalue weighted by Gasteiger charge is -2.45. The highest BCUT2D eigenvalue weighted by Gasteiger charge is 2.47. The first kappa shape index (κ1) is 27.9. The predicted molar refractivity (Wildman–Crippen MR) is 128 cm³/mol. The lowest BCUT2D eigenvalue weighted by Crippen LogP contribution is -2.53. The van der Waals surface area contributed by atoms with Crippen molar-refractivity contribution in [2.45, 2.75) is 57.5 Å². The van der Waals surface area contributed by atoms with Crippen molar-refractivity contribution in [1.29, 1.82) is 0 Å². The van der Waals surface area contributed by atoms with E-state index < -0.39 is 23.9 Å². The van der Waals surface area contributed by atoms with E-state index in [1.165, 1.54) is 6.42 Å². The zero-order valence-electron chi connectivity index (χ0n) is 20.1. The number of halogens is 4. The van der Waals surface area contributed by atoms with Gasteiger partial charge in [-0.15, -0.1) is 0 Å². The molecule has 0 bridgehead atoms. The van der Waals surface area contributed by atoms with Gasteiger partial charge in [-0.05, 0) is 56.0 Å². The third-order valence-corrected chi connectivity index (χ3v) is 6.44. The van der Waals surface area contributed by atoms with Crippen LogP contribution in [0, 0.1) is 5.92 Å². The molecule has 0 saturated carbocycles. The summed E-state index contributed by atoms with van der Waals surface area (Å²) in [5.41, 5.74) is 0.231. The number of nitrogens with one attached hydrogen (secondary N) is 1. The fourth-order valence-electron chi connectivity index (χ4n) is 4.21. The molecule has 1 saturated heterocycles. The molecule has 36 heavy (non-hydrogen) atoms. The number of imidazole rings is 1. The number of fused-ring (bicyclic) bond motifs is 2. The topological polar surface area (TPSA) is 96.7 Å². The van der Waals surface area contributed by atoms with Gasteiger partial charge in [-0.3, -0.25) is 4.79 Å². The molecule has 12 heteroatoms. The second kappa shape index (κ2) is 11.6. The second-order valence-corrected chi connectivity index (χ2v) is 9.76. The van der Waals surface area contributed by atoms with Crippen LogP contribution in [-0.2, 0) is 26.5 Å². The Kier molecular flexibility index (Phi) is 9.02. The number of hydrogen-bond donors (Lipinski definition) is 2. The maximum atomic E-state index is 12.9. The normalized spacial score (nSPS) is 19.4. The maximum absolute atomic E-state index is 12.9. The molecule has 4 rings (SSSR count). The predicted octanol–water partition coefficient (Wildman–Crippen LogP) is 4.54. The molecule has 2 aliphatic rings. The summed E-state index contributed by atoms with van der Waals surface area (Å²) in [6, 6.07) is 7.13. The van der Waals surface area contributed by atoms with Gasteiger partial charge in [-0.2, -0.15) is 13.2 Å². The first-order valence-electron chi connectivity index (χ1n) is 11.7. The monoisotopic (exact) mass is 530 g/mol. The van der Waals surface area contributed by atoms with Crippen molar-refractivity contribution in [3.63, 3.8) is 0 Å². The summed E-state index contributed by atoms with van der Waals surface area (Å²) in [6.07, 6.45) is 1.04. The summed E-state index contributed by atoms with van der Waals surface area (Å²) in [5, 5.41) is 10.7. The standard InChI is InChI=1S/C22H29ClN4O2.C2HF3O2/c1-16(2)7-11-26-12-8-22(9-13-26)21-24-10-14-27(21)15-19(29-22)20(28)25-18-5-3-17(23)4-6-18;3-2(4,5)1(6)7/h3-6,10,14,16,19H,7-9,11-13,15H2,1-2H3,(H,25,28);(H,6,7). The van der Waals surface area contributed by atoms with E-state index in [9.17, 15) is 18.0 Å². The number of ether oxygens (including phenoxy) is 1. The van der Waals surface area contributed by atoms with Crippen LogP contribution in [0.4, 0.5) is 18.9 Å².